The first-order valence-corrected chi connectivity index (χ1v) is 3.83. The molecule has 0 bridgehead atoms. The number of benzene rings is 1. The van der Waals surface area contributed by atoms with Crippen LogP contribution in [0.5, 0.6) is 0 Å². The van der Waals surface area contributed by atoms with Crippen molar-refractivity contribution >= 4 is 0 Å². The highest BCUT2D eigenvalue weighted by atomic mass is 15.2. The highest BCUT2D eigenvalue weighted by molar-refractivity contribution is 5.18. The van der Waals surface area contributed by atoms with Gasteiger partial charge in [-0.3, -0.25) is 11.3 Å². The molecule has 0 heterocycles. The molecule has 0 amide bonds. The summed E-state index contributed by atoms with van der Waals surface area (Å²) in [5, 5.41) is 0. The molecule has 0 saturated carbocycles. The summed E-state index contributed by atoms with van der Waals surface area (Å²) in [5.74, 6) is 5.70. The van der Waals surface area contributed by atoms with Crippen LogP contribution in [0.1, 0.15) is 18.4 Å². The van der Waals surface area contributed by atoms with Crippen LogP contribution in [0.3, 0.4) is 0 Å². The van der Waals surface area contributed by atoms with Crippen molar-refractivity contribution < 1.29 is 0 Å². The molecule has 0 aliphatic carbocycles. The van der Waals surface area contributed by atoms with Gasteiger partial charge in [0.25, 0.3) is 0 Å². The standard InChI is InChI=1S/C9H14N2/c1-8(7-11-10)9-5-3-2-4-6-9/h2-6,8,11H,7,10H2,1H3/t8-/m1/s1. The van der Waals surface area contributed by atoms with Crippen molar-refractivity contribution in [2.45, 2.75) is 12.8 Å². The van der Waals surface area contributed by atoms with E-state index in [-0.39, 0.29) is 0 Å². The molecule has 1 atom stereocenters. The van der Waals surface area contributed by atoms with Crippen molar-refractivity contribution in [1.29, 1.82) is 0 Å². The number of hydrazine groups is 1. The predicted molar refractivity (Wildman–Crippen MR) is 47.0 cm³/mol. The third-order valence-corrected chi connectivity index (χ3v) is 1.79. The van der Waals surface area contributed by atoms with Gasteiger partial charge in [0.1, 0.15) is 0 Å². The van der Waals surface area contributed by atoms with Crippen molar-refractivity contribution in [2.75, 3.05) is 6.54 Å². The Kier molecular flexibility index (Phi) is 3.08. The highest BCUT2D eigenvalue weighted by Crippen LogP contribution is 2.12. The maximum Gasteiger partial charge on any atom is 0.0164 e. The van der Waals surface area contributed by atoms with Crippen LogP contribution in [-0.2, 0) is 0 Å². The van der Waals surface area contributed by atoms with Gasteiger partial charge in [0, 0.05) is 6.54 Å². The van der Waals surface area contributed by atoms with Gasteiger partial charge in [-0.05, 0) is 11.5 Å². The van der Waals surface area contributed by atoms with Crippen LogP contribution in [-0.4, -0.2) is 6.54 Å². The second-order valence-corrected chi connectivity index (χ2v) is 2.72. The van der Waals surface area contributed by atoms with Gasteiger partial charge in [-0.1, -0.05) is 37.3 Å². The van der Waals surface area contributed by atoms with Crippen LogP contribution in [0.25, 0.3) is 0 Å². The molecule has 2 heteroatoms. The predicted octanol–water partition coefficient (Wildman–Crippen LogP) is 1.25. The smallest absolute Gasteiger partial charge is 0.0164 e. The van der Waals surface area contributed by atoms with Crippen LogP contribution in [0.2, 0.25) is 0 Å². The molecular weight excluding hydrogens is 136 g/mol. The molecule has 0 fully saturated rings. The lowest BCUT2D eigenvalue weighted by Gasteiger charge is -2.09. The number of rotatable bonds is 3. The highest BCUT2D eigenvalue weighted by Gasteiger charge is 2.01. The maximum atomic E-state index is 5.22. The van der Waals surface area contributed by atoms with Gasteiger partial charge in [0.15, 0.2) is 0 Å². The molecule has 1 aromatic carbocycles. The minimum absolute atomic E-state index is 0.487. The topological polar surface area (TPSA) is 38.0 Å². The van der Waals surface area contributed by atoms with Crippen molar-refractivity contribution in [2.24, 2.45) is 5.84 Å². The average molecular weight is 150 g/mol. The van der Waals surface area contributed by atoms with E-state index in [1.165, 1.54) is 5.56 Å². The Hall–Kier alpha value is -0.860. The lowest BCUT2D eigenvalue weighted by Crippen LogP contribution is -2.26. The van der Waals surface area contributed by atoms with Crippen molar-refractivity contribution in [3.8, 4) is 0 Å². The van der Waals surface area contributed by atoms with Gasteiger partial charge in [-0.25, -0.2) is 0 Å². The summed E-state index contributed by atoms with van der Waals surface area (Å²) in [6.07, 6.45) is 0. The summed E-state index contributed by atoms with van der Waals surface area (Å²) in [6.45, 7) is 2.97. The zero-order valence-corrected chi connectivity index (χ0v) is 6.75. The molecular formula is C9H14N2. The summed E-state index contributed by atoms with van der Waals surface area (Å²) in [7, 11) is 0. The summed E-state index contributed by atoms with van der Waals surface area (Å²) in [5.41, 5.74) is 3.99. The number of hydrogen-bond acceptors (Lipinski definition) is 2. The van der Waals surface area contributed by atoms with Crippen molar-refractivity contribution in [3.05, 3.63) is 35.9 Å². The third-order valence-electron chi connectivity index (χ3n) is 1.79. The molecule has 0 saturated heterocycles. The summed E-state index contributed by atoms with van der Waals surface area (Å²) in [6, 6.07) is 10.3. The second kappa shape index (κ2) is 4.11. The Labute approximate surface area is 67.4 Å². The van der Waals surface area contributed by atoms with E-state index in [1.807, 2.05) is 18.2 Å². The Bertz CT molecular complexity index is 196. The molecule has 0 aliphatic rings. The second-order valence-electron chi connectivity index (χ2n) is 2.72. The van der Waals surface area contributed by atoms with E-state index in [4.69, 9.17) is 5.84 Å². The molecule has 11 heavy (non-hydrogen) atoms. The maximum absolute atomic E-state index is 5.22. The van der Waals surface area contributed by atoms with Crippen LogP contribution >= 0.6 is 0 Å². The van der Waals surface area contributed by atoms with E-state index in [0.717, 1.165) is 6.54 Å². The first-order chi connectivity index (χ1) is 5.34. The first-order valence-electron chi connectivity index (χ1n) is 3.83. The summed E-state index contributed by atoms with van der Waals surface area (Å²) >= 11 is 0. The Morgan fingerprint density at radius 1 is 1.36 bits per heavy atom. The average Bonchev–Trinajstić information content (AvgIpc) is 2.07. The van der Waals surface area contributed by atoms with E-state index >= 15 is 0 Å². The van der Waals surface area contributed by atoms with Crippen LogP contribution in [0, 0.1) is 0 Å². The molecule has 1 aromatic rings. The van der Waals surface area contributed by atoms with Gasteiger partial charge in [0.05, 0.1) is 0 Å². The molecule has 0 spiro atoms. The van der Waals surface area contributed by atoms with E-state index in [2.05, 4.69) is 24.5 Å². The molecule has 0 aromatic heterocycles. The molecule has 2 nitrogen and oxygen atoms in total. The van der Waals surface area contributed by atoms with Gasteiger partial charge >= 0.3 is 0 Å². The molecule has 0 unspecified atom stereocenters. The minimum Gasteiger partial charge on any atom is -0.271 e. The molecule has 60 valence electrons. The lowest BCUT2D eigenvalue weighted by molar-refractivity contribution is 0.640. The molecule has 3 N–H and O–H groups in total. The first kappa shape index (κ1) is 8.24. The fourth-order valence-corrected chi connectivity index (χ4v) is 1.08. The Balaban J connectivity index is 2.61. The third kappa shape index (κ3) is 2.33. The Morgan fingerprint density at radius 2 is 2.00 bits per heavy atom. The van der Waals surface area contributed by atoms with Crippen molar-refractivity contribution in [3.63, 3.8) is 0 Å². The number of nitrogens with two attached hydrogens (primary N) is 1. The SMILES string of the molecule is C[C@H](CNN)c1ccccc1. The van der Waals surface area contributed by atoms with Gasteiger partial charge in [0.2, 0.25) is 0 Å². The normalized spacial score (nSPS) is 12.9. The number of hydrogen-bond donors (Lipinski definition) is 2. The number of nitrogens with one attached hydrogen (secondary N) is 1. The van der Waals surface area contributed by atoms with E-state index in [1.54, 1.807) is 0 Å². The fourth-order valence-electron chi connectivity index (χ4n) is 1.08. The van der Waals surface area contributed by atoms with E-state index in [0.29, 0.717) is 5.92 Å². The van der Waals surface area contributed by atoms with Crippen LogP contribution in [0.15, 0.2) is 30.3 Å². The van der Waals surface area contributed by atoms with Crippen LogP contribution in [0.4, 0.5) is 0 Å². The quantitative estimate of drug-likeness (QED) is 0.502. The lowest BCUT2D eigenvalue weighted by atomic mass is 10.0. The van der Waals surface area contributed by atoms with Crippen molar-refractivity contribution in [1.82, 2.24) is 5.43 Å². The summed E-state index contributed by atoms with van der Waals surface area (Å²) in [4.78, 5) is 0. The monoisotopic (exact) mass is 150 g/mol. The largest absolute Gasteiger partial charge is 0.271 e. The Morgan fingerprint density at radius 3 is 2.55 bits per heavy atom. The minimum atomic E-state index is 0.487. The van der Waals surface area contributed by atoms with E-state index < -0.39 is 0 Å². The summed E-state index contributed by atoms with van der Waals surface area (Å²) < 4.78 is 0. The molecule has 1 rings (SSSR count). The zero-order valence-electron chi connectivity index (χ0n) is 6.75. The van der Waals surface area contributed by atoms with Gasteiger partial charge < -0.3 is 0 Å². The molecule has 0 aliphatic heterocycles. The van der Waals surface area contributed by atoms with E-state index in [9.17, 15) is 0 Å². The van der Waals surface area contributed by atoms with Gasteiger partial charge in [-0.15, -0.1) is 0 Å². The van der Waals surface area contributed by atoms with Gasteiger partial charge in [-0.2, -0.15) is 0 Å². The fraction of sp³-hybridized carbons (Fsp3) is 0.333. The van der Waals surface area contributed by atoms with Crippen LogP contribution < -0.4 is 11.3 Å². The molecule has 0 radical (unpaired) electrons. The zero-order chi connectivity index (χ0) is 8.10.